The molecule has 0 atom stereocenters. The van der Waals surface area contributed by atoms with Gasteiger partial charge in [0.15, 0.2) is 0 Å². The lowest BCUT2D eigenvalue weighted by Gasteiger charge is -2.49. The van der Waals surface area contributed by atoms with Crippen LogP contribution in [0.4, 0.5) is 0 Å². The van der Waals surface area contributed by atoms with E-state index in [-0.39, 0.29) is 5.41 Å². The normalized spacial score (nSPS) is 21.5. The molecule has 64 valence electrons. The van der Waals surface area contributed by atoms with Gasteiger partial charge in [0, 0.05) is 18.5 Å². The van der Waals surface area contributed by atoms with Crippen molar-refractivity contribution >= 4 is 23.2 Å². The van der Waals surface area contributed by atoms with Gasteiger partial charge in [-0.15, -0.1) is 0 Å². The van der Waals surface area contributed by atoms with Crippen molar-refractivity contribution in [1.82, 2.24) is 4.90 Å². The van der Waals surface area contributed by atoms with Crippen molar-refractivity contribution in [2.24, 2.45) is 5.41 Å². The first-order chi connectivity index (χ1) is 4.99. The summed E-state index contributed by atoms with van der Waals surface area (Å²) in [6, 6.07) is 0. The Morgan fingerprint density at radius 1 is 1.55 bits per heavy atom. The molecule has 0 saturated carbocycles. The molecule has 1 aliphatic heterocycles. The van der Waals surface area contributed by atoms with Crippen molar-refractivity contribution in [1.29, 1.82) is 0 Å². The van der Waals surface area contributed by atoms with Crippen LogP contribution >= 0.6 is 23.2 Å². The predicted molar refractivity (Wildman–Crippen MR) is 49.8 cm³/mol. The zero-order valence-electron chi connectivity index (χ0n) is 7.12. The quantitative estimate of drug-likeness (QED) is 0.620. The molecule has 3 heteroatoms. The average molecular weight is 194 g/mol. The van der Waals surface area contributed by atoms with E-state index in [4.69, 9.17) is 23.2 Å². The first-order valence-electron chi connectivity index (χ1n) is 3.79. The first kappa shape index (κ1) is 9.21. The minimum absolute atomic E-state index is 0.175. The van der Waals surface area contributed by atoms with Gasteiger partial charge in [-0.1, -0.05) is 37.0 Å². The van der Waals surface area contributed by atoms with Gasteiger partial charge in [-0.2, -0.15) is 0 Å². The second kappa shape index (κ2) is 2.87. The lowest BCUT2D eigenvalue weighted by Crippen LogP contribution is -2.50. The molecule has 11 heavy (non-hydrogen) atoms. The fraction of sp³-hybridized carbons (Fsp3) is 0.750. The third-order valence-corrected chi connectivity index (χ3v) is 2.46. The molecular formula is C8H13Cl2N. The van der Waals surface area contributed by atoms with Gasteiger partial charge in [-0.25, -0.2) is 0 Å². The van der Waals surface area contributed by atoms with Gasteiger partial charge in [-0.05, 0) is 6.92 Å². The molecule has 1 saturated heterocycles. The molecule has 0 aliphatic carbocycles. The second-order valence-electron chi connectivity index (χ2n) is 3.51. The van der Waals surface area contributed by atoms with Crippen LogP contribution in [0.3, 0.4) is 0 Å². The van der Waals surface area contributed by atoms with Crippen LogP contribution in [0.5, 0.6) is 0 Å². The molecule has 0 unspecified atom stereocenters. The molecule has 1 nitrogen and oxygen atoms in total. The highest BCUT2D eigenvalue weighted by Gasteiger charge is 2.40. The maximum atomic E-state index is 5.74. The Balaban J connectivity index is 2.81. The van der Waals surface area contributed by atoms with Crippen LogP contribution in [0.25, 0.3) is 0 Å². The molecule has 1 fully saturated rings. The molecular weight excluding hydrogens is 181 g/mol. The average Bonchev–Trinajstić information content (AvgIpc) is 1.81. The number of nitrogens with zero attached hydrogens (tertiary/aromatic N) is 1. The van der Waals surface area contributed by atoms with Gasteiger partial charge < -0.3 is 4.90 Å². The maximum Gasteiger partial charge on any atom is 0.126 e. The highest BCUT2D eigenvalue weighted by Crippen LogP contribution is 2.43. The zero-order chi connectivity index (χ0) is 8.65. The number of likely N-dealkylation sites (tertiary alicyclic amines) is 1. The van der Waals surface area contributed by atoms with Crippen LogP contribution in [0.2, 0.25) is 0 Å². The molecule has 1 heterocycles. The van der Waals surface area contributed by atoms with Crippen LogP contribution in [-0.4, -0.2) is 18.0 Å². The number of hydrogen-bond donors (Lipinski definition) is 0. The van der Waals surface area contributed by atoms with Gasteiger partial charge in [0.05, 0.1) is 5.70 Å². The summed E-state index contributed by atoms with van der Waals surface area (Å²) in [6.45, 7) is 8.45. The molecule has 0 bridgehead atoms. The summed E-state index contributed by atoms with van der Waals surface area (Å²) in [5.41, 5.74) is 1.26. The van der Waals surface area contributed by atoms with Gasteiger partial charge in [0.1, 0.15) is 4.49 Å². The predicted octanol–water partition coefficient (Wildman–Crippen LogP) is 2.99. The van der Waals surface area contributed by atoms with Crippen LogP contribution in [-0.2, 0) is 0 Å². The van der Waals surface area contributed by atoms with E-state index in [1.807, 2.05) is 0 Å². The molecule has 0 aromatic carbocycles. The van der Waals surface area contributed by atoms with E-state index in [0.29, 0.717) is 4.49 Å². The summed E-state index contributed by atoms with van der Waals surface area (Å²) < 4.78 is 0.420. The van der Waals surface area contributed by atoms with Crippen LogP contribution in [0, 0.1) is 5.41 Å². The van der Waals surface area contributed by atoms with E-state index >= 15 is 0 Å². The Morgan fingerprint density at radius 3 is 2.27 bits per heavy atom. The standard InChI is InChI=1S/C8H13Cl2N/c1-4-11-5-8(2,3)6(11)7(9)10/h4-5H2,1-3H3. The van der Waals surface area contributed by atoms with E-state index in [2.05, 4.69) is 25.7 Å². The summed E-state index contributed by atoms with van der Waals surface area (Å²) >= 11 is 11.5. The van der Waals surface area contributed by atoms with E-state index in [9.17, 15) is 0 Å². The lowest BCUT2D eigenvalue weighted by molar-refractivity contribution is 0.112. The Bertz CT molecular complexity index is 192. The van der Waals surface area contributed by atoms with Crippen molar-refractivity contribution in [2.45, 2.75) is 20.8 Å². The fourth-order valence-electron chi connectivity index (χ4n) is 1.61. The van der Waals surface area contributed by atoms with E-state index in [1.54, 1.807) is 0 Å². The van der Waals surface area contributed by atoms with Crippen molar-refractivity contribution < 1.29 is 0 Å². The summed E-state index contributed by atoms with van der Waals surface area (Å²) in [5, 5.41) is 0. The maximum absolute atomic E-state index is 5.74. The Labute approximate surface area is 78.0 Å². The Kier molecular flexibility index (Phi) is 2.40. The Hall–Kier alpha value is 0.120. The first-order valence-corrected chi connectivity index (χ1v) is 4.55. The molecule has 0 radical (unpaired) electrons. The summed E-state index contributed by atoms with van der Waals surface area (Å²) in [4.78, 5) is 2.19. The SMILES string of the molecule is CCN1CC(C)(C)C1=C(Cl)Cl. The summed E-state index contributed by atoms with van der Waals surface area (Å²) in [5.74, 6) is 0. The zero-order valence-corrected chi connectivity index (χ0v) is 8.63. The van der Waals surface area contributed by atoms with Gasteiger partial charge in [0.2, 0.25) is 0 Å². The molecule has 0 N–H and O–H groups in total. The minimum atomic E-state index is 0.175. The number of rotatable bonds is 1. The number of hydrogen-bond acceptors (Lipinski definition) is 1. The van der Waals surface area contributed by atoms with E-state index in [1.165, 1.54) is 0 Å². The highest BCUT2D eigenvalue weighted by atomic mass is 35.5. The van der Waals surface area contributed by atoms with Crippen molar-refractivity contribution in [3.8, 4) is 0 Å². The largest absolute Gasteiger partial charge is 0.372 e. The molecule has 0 aromatic rings. The lowest BCUT2D eigenvalue weighted by atomic mass is 9.80. The summed E-state index contributed by atoms with van der Waals surface area (Å²) in [7, 11) is 0. The second-order valence-corrected chi connectivity index (χ2v) is 4.46. The smallest absolute Gasteiger partial charge is 0.126 e. The highest BCUT2D eigenvalue weighted by molar-refractivity contribution is 6.56. The van der Waals surface area contributed by atoms with Crippen molar-refractivity contribution in [2.75, 3.05) is 13.1 Å². The van der Waals surface area contributed by atoms with Crippen LogP contribution in [0.15, 0.2) is 10.2 Å². The molecule has 1 rings (SSSR count). The number of halogens is 2. The van der Waals surface area contributed by atoms with Crippen LogP contribution in [0.1, 0.15) is 20.8 Å². The van der Waals surface area contributed by atoms with Crippen molar-refractivity contribution in [3.63, 3.8) is 0 Å². The molecule has 0 amide bonds. The van der Waals surface area contributed by atoms with Crippen molar-refractivity contribution in [3.05, 3.63) is 10.2 Å². The van der Waals surface area contributed by atoms with Gasteiger partial charge >= 0.3 is 0 Å². The third kappa shape index (κ3) is 1.50. The van der Waals surface area contributed by atoms with Gasteiger partial charge in [-0.3, -0.25) is 0 Å². The van der Waals surface area contributed by atoms with E-state index < -0.39 is 0 Å². The van der Waals surface area contributed by atoms with Gasteiger partial charge in [0.25, 0.3) is 0 Å². The molecule has 0 spiro atoms. The molecule has 1 aliphatic rings. The summed E-state index contributed by atoms with van der Waals surface area (Å²) in [6.07, 6.45) is 0. The monoisotopic (exact) mass is 193 g/mol. The topological polar surface area (TPSA) is 3.24 Å². The van der Waals surface area contributed by atoms with Crippen LogP contribution < -0.4 is 0 Å². The molecule has 0 aromatic heterocycles. The third-order valence-electron chi connectivity index (χ3n) is 2.10. The minimum Gasteiger partial charge on any atom is -0.372 e. The Morgan fingerprint density at radius 2 is 2.09 bits per heavy atom. The van der Waals surface area contributed by atoms with E-state index in [0.717, 1.165) is 18.8 Å². The fourth-order valence-corrected chi connectivity index (χ4v) is 2.36.